The van der Waals surface area contributed by atoms with Crippen molar-refractivity contribution in [1.82, 2.24) is 19.8 Å². The molecule has 1 heterocycles. The lowest BCUT2D eigenvalue weighted by Gasteiger charge is -2.17. The molecule has 0 unspecified atom stereocenters. The number of likely N-dealkylation sites (N-methyl/N-ethyl adjacent to an activating group) is 1. The first-order valence-electron chi connectivity index (χ1n) is 7.15. The van der Waals surface area contributed by atoms with Crippen molar-refractivity contribution < 1.29 is 0 Å². The van der Waals surface area contributed by atoms with E-state index in [1.165, 1.54) is 18.4 Å². The summed E-state index contributed by atoms with van der Waals surface area (Å²) in [6.45, 7) is 4.28. The largest absolute Gasteiger partial charge is 0.329 e. The van der Waals surface area contributed by atoms with Crippen LogP contribution in [-0.4, -0.2) is 47.2 Å². The summed E-state index contributed by atoms with van der Waals surface area (Å²) in [4.78, 5) is 6.80. The number of benzene rings is 1. The van der Waals surface area contributed by atoms with Crippen molar-refractivity contribution in [2.24, 2.45) is 0 Å². The molecular formula is C15H22N4. The van der Waals surface area contributed by atoms with Crippen molar-refractivity contribution in [1.29, 1.82) is 0 Å². The van der Waals surface area contributed by atoms with Gasteiger partial charge in [-0.3, -0.25) is 0 Å². The highest BCUT2D eigenvalue weighted by molar-refractivity contribution is 5.74. The number of fused-ring (bicyclic) bond motifs is 1. The minimum Gasteiger partial charge on any atom is -0.329 e. The Morgan fingerprint density at radius 1 is 1.32 bits per heavy atom. The van der Waals surface area contributed by atoms with Crippen molar-refractivity contribution in [2.75, 3.05) is 26.7 Å². The van der Waals surface area contributed by atoms with Crippen LogP contribution < -0.4 is 5.32 Å². The Kier molecular flexibility index (Phi) is 3.80. The van der Waals surface area contributed by atoms with Gasteiger partial charge in [0.2, 0.25) is 0 Å². The predicted octanol–water partition coefficient (Wildman–Crippen LogP) is 1.72. The van der Waals surface area contributed by atoms with Crippen LogP contribution in [0.15, 0.2) is 30.6 Å². The van der Waals surface area contributed by atoms with Crippen LogP contribution in [0, 0.1) is 0 Å². The van der Waals surface area contributed by atoms with Crippen LogP contribution in [0.5, 0.6) is 0 Å². The van der Waals surface area contributed by atoms with Crippen molar-refractivity contribution in [3.63, 3.8) is 0 Å². The third kappa shape index (κ3) is 3.33. The van der Waals surface area contributed by atoms with E-state index in [1.54, 1.807) is 0 Å². The molecule has 4 heteroatoms. The van der Waals surface area contributed by atoms with Gasteiger partial charge in [-0.05, 0) is 32.0 Å². The van der Waals surface area contributed by atoms with Crippen LogP contribution in [0.2, 0.25) is 0 Å². The van der Waals surface area contributed by atoms with Crippen molar-refractivity contribution in [3.05, 3.63) is 30.6 Å². The zero-order valence-electron chi connectivity index (χ0n) is 11.5. The zero-order valence-corrected chi connectivity index (χ0v) is 11.5. The number of nitrogens with zero attached hydrogens (tertiary/aromatic N) is 3. The first-order chi connectivity index (χ1) is 9.33. The van der Waals surface area contributed by atoms with Gasteiger partial charge in [-0.25, -0.2) is 4.98 Å². The van der Waals surface area contributed by atoms with Crippen molar-refractivity contribution in [2.45, 2.75) is 25.4 Å². The fraction of sp³-hybridized carbons (Fsp3) is 0.533. The number of aromatic nitrogens is 2. The molecule has 0 bridgehead atoms. The van der Waals surface area contributed by atoms with Crippen LogP contribution in [-0.2, 0) is 6.54 Å². The van der Waals surface area contributed by atoms with Gasteiger partial charge in [0, 0.05) is 32.2 Å². The fourth-order valence-corrected chi connectivity index (χ4v) is 2.33. The summed E-state index contributed by atoms with van der Waals surface area (Å²) in [6, 6.07) is 9.12. The second-order valence-electron chi connectivity index (χ2n) is 5.46. The molecule has 19 heavy (non-hydrogen) atoms. The van der Waals surface area contributed by atoms with E-state index in [0.29, 0.717) is 0 Å². The Hall–Kier alpha value is -1.39. The normalized spacial score (nSPS) is 15.5. The molecule has 1 aromatic heterocycles. The molecule has 1 saturated carbocycles. The fourth-order valence-electron chi connectivity index (χ4n) is 2.33. The summed E-state index contributed by atoms with van der Waals surface area (Å²) in [5.41, 5.74) is 2.31. The van der Waals surface area contributed by atoms with Crippen molar-refractivity contribution >= 4 is 11.0 Å². The average Bonchev–Trinajstić information content (AvgIpc) is 3.16. The number of para-hydroxylation sites is 2. The minimum atomic E-state index is 0.811. The number of nitrogens with one attached hydrogen (secondary N) is 1. The van der Waals surface area contributed by atoms with E-state index in [0.717, 1.165) is 37.7 Å². The molecule has 0 atom stereocenters. The molecule has 3 rings (SSSR count). The minimum absolute atomic E-state index is 0.811. The maximum atomic E-state index is 4.42. The molecule has 1 aromatic carbocycles. The summed E-state index contributed by atoms with van der Waals surface area (Å²) in [5.74, 6) is 0. The summed E-state index contributed by atoms with van der Waals surface area (Å²) in [5, 5.41) is 3.55. The first-order valence-corrected chi connectivity index (χ1v) is 7.15. The topological polar surface area (TPSA) is 33.1 Å². The molecule has 4 nitrogen and oxygen atoms in total. The zero-order chi connectivity index (χ0) is 13.1. The standard InChI is InChI=1S/C15H22N4/c1-18(9-8-16-13-6-7-13)10-11-19-12-17-14-4-2-3-5-15(14)19/h2-5,12-13,16H,6-11H2,1H3. The van der Waals surface area contributed by atoms with Gasteiger partial charge < -0.3 is 14.8 Å². The van der Waals surface area contributed by atoms with Crippen LogP contribution >= 0.6 is 0 Å². The molecule has 1 aliphatic carbocycles. The number of hydrogen-bond acceptors (Lipinski definition) is 3. The van der Waals surface area contributed by atoms with E-state index < -0.39 is 0 Å². The second-order valence-corrected chi connectivity index (χ2v) is 5.46. The molecule has 0 saturated heterocycles. The maximum absolute atomic E-state index is 4.42. The van der Waals surface area contributed by atoms with Gasteiger partial charge in [0.25, 0.3) is 0 Å². The Balaban J connectivity index is 1.47. The summed E-state index contributed by atoms with van der Waals surface area (Å²) in [6.07, 6.45) is 4.68. The van der Waals surface area contributed by atoms with Gasteiger partial charge in [0.1, 0.15) is 0 Å². The van der Waals surface area contributed by atoms with Crippen LogP contribution in [0.25, 0.3) is 11.0 Å². The van der Waals surface area contributed by atoms with Crippen LogP contribution in [0.1, 0.15) is 12.8 Å². The first kappa shape index (κ1) is 12.6. The highest BCUT2D eigenvalue weighted by atomic mass is 15.2. The van der Waals surface area contributed by atoms with Crippen LogP contribution in [0.3, 0.4) is 0 Å². The Morgan fingerprint density at radius 3 is 3.00 bits per heavy atom. The molecular weight excluding hydrogens is 236 g/mol. The monoisotopic (exact) mass is 258 g/mol. The third-order valence-electron chi connectivity index (χ3n) is 3.75. The molecule has 1 aliphatic rings. The van der Waals surface area contributed by atoms with Gasteiger partial charge in [-0.15, -0.1) is 0 Å². The van der Waals surface area contributed by atoms with Gasteiger partial charge in [0.05, 0.1) is 17.4 Å². The summed E-state index contributed by atoms with van der Waals surface area (Å²) >= 11 is 0. The highest BCUT2D eigenvalue weighted by Crippen LogP contribution is 2.18. The van der Waals surface area contributed by atoms with Gasteiger partial charge in [-0.1, -0.05) is 12.1 Å². The van der Waals surface area contributed by atoms with E-state index in [1.807, 2.05) is 12.4 Å². The smallest absolute Gasteiger partial charge is 0.0958 e. The molecule has 1 N–H and O–H groups in total. The SMILES string of the molecule is CN(CCNC1CC1)CCn1cnc2ccccc21. The third-order valence-corrected chi connectivity index (χ3v) is 3.75. The molecule has 2 aromatic rings. The molecule has 0 amide bonds. The van der Waals surface area contributed by atoms with E-state index in [4.69, 9.17) is 0 Å². The lowest BCUT2D eigenvalue weighted by Crippen LogP contribution is -2.32. The quantitative estimate of drug-likeness (QED) is 0.821. The molecule has 0 spiro atoms. The summed E-state index contributed by atoms with van der Waals surface area (Å²) in [7, 11) is 2.19. The molecule has 1 fully saturated rings. The van der Waals surface area contributed by atoms with Crippen molar-refractivity contribution in [3.8, 4) is 0 Å². The van der Waals surface area contributed by atoms with E-state index in [-0.39, 0.29) is 0 Å². The number of imidazole rings is 1. The molecule has 102 valence electrons. The lowest BCUT2D eigenvalue weighted by atomic mass is 10.3. The predicted molar refractivity (Wildman–Crippen MR) is 78.3 cm³/mol. The molecule has 0 aliphatic heterocycles. The number of rotatable bonds is 7. The Morgan fingerprint density at radius 2 is 2.16 bits per heavy atom. The molecule has 0 radical (unpaired) electrons. The van der Waals surface area contributed by atoms with Gasteiger partial charge in [-0.2, -0.15) is 0 Å². The van der Waals surface area contributed by atoms with E-state index >= 15 is 0 Å². The van der Waals surface area contributed by atoms with Gasteiger partial charge >= 0.3 is 0 Å². The maximum Gasteiger partial charge on any atom is 0.0958 e. The number of hydrogen-bond donors (Lipinski definition) is 1. The average molecular weight is 258 g/mol. The Bertz CT molecular complexity index is 530. The van der Waals surface area contributed by atoms with Gasteiger partial charge in [0.15, 0.2) is 0 Å². The Labute approximate surface area is 114 Å². The van der Waals surface area contributed by atoms with E-state index in [2.05, 4.69) is 45.0 Å². The van der Waals surface area contributed by atoms with Crippen LogP contribution in [0.4, 0.5) is 0 Å². The summed E-state index contributed by atoms with van der Waals surface area (Å²) < 4.78 is 2.24. The lowest BCUT2D eigenvalue weighted by molar-refractivity contribution is 0.318. The highest BCUT2D eigenvalue weighted by Gasteiger charge is 2.19. The van der Waals surface area contributed by atoms with E-state index in [9.17, 15) is 0 Å². The second kappa shape index (κ2) is 5.72.